The van der Waals surface area contributed by atoms with Gasteiger partial charge in [-0.05, 0) is 19.6 Å². The Labute approximate surface area is 88.4 Å². The summed E-state index contributed by atoms with van der Waals surface area (Å²) in [7, 11) is 0. The fourth-order valence-corrected chi connectivity index (χ4v) is 1.19. The molecular formula is C9H17NO3S. The van der Waals surface area contributed by atoms with Crippen LogP contribution in [0.5, 0.6) is 0 Å². The van der Waals surface area contributed by atoms with Crippen LogP contribution in [0.1, 0.15) is 20.3 Å². The summed E-state index contributed by atoms with van der Waals surface area (Å²) in [5.74, 6) is -0.609. The molecule has 0 aliphatic carbocycles. The number of hydrogen-bond donors (Lipinski definition) is 2. The van der Waals surface area contributed by atoms with Gasteiger partial charge in [-0.3, -0.25) is 9.59 Å². The summed E-state index contributed by atoms with van der Waals surface area (Å²) in [6.07, 6.45) is 2.33. The molecule has 14 heavy (non-hydrogen) atoms. The quantitative estimate of drug-likeness (QED) is 0.698. The second-order valence-corrected chi connectivity index (χ2v) is 4.30. The highest BCUT2D eigenvalue weighted by atomic mass is 32.2. The number of hydrogen-bond acceptors (Lipinski definition) is 3. The molecule has 0 aromatic rings. The van der Waals surface area contributed by atoms with Crippen molar-refractivity contribution in [1.82, 2.24) is 5.32 Å². The molecule has 0 bridgehead atoms. The van der Waals surface area contributed by atoms with Crippen LogP contribution in [-0.2, 0) is 9.59 Å². The standard InChI is InChI=1S/C9H17NO3S/c1-4-9(2,8(12)13)6-10-7(11)5-14-3/h4-6H2,1-3H3,(H,10,11)(H,12,13). The van der Waals surface area contributed by atoms with Crippen molar-refractivity contribution in [2.45, 2.75) is 20.3 Å². The Balaban J connectivity index is 4.08. The van der Waals surface area contributed by atoms with Crippen molar-refractivity contribution in [3.63, 3.8) is 0 Å². The lowest BCUT2D eigenvalue weighted by atomic mass is 9.88. The molecule has 4 nitrogen and oxygen atoms in total. The van der Waals surface area contributed by atoms with Crippen LogP contribution in [0.2, 0.25) is 0 Å². The predicted molar refractivity (Wildman–Crippen MR) is 57.4 cm³/mol. The van der Waals surface area contributed by atoms with Crippen molar-refractivity contribution >= 4 is 23.6 Å². The molecule has 0 radical (unpaired) electrons. The highest BCUT2D eigenvalue weighted by Gasteiger charge is 2.31. The summed E-state index contributed by atoms with van der Waals surface area (Å²) in [6.45, 7) is 3.63. The Morgan fingerprint density at radius 1 is 1.50 bits per heavy atom. The molecule has 1 amide bonds. The molecule has 0 aliphatic heterocycles. The summed E-state index contributed by atoms with van der Waals surface area (Å²) in [4.78, 5) is 22.0. The lowest BCUT2D eigenvalue weighted by Gasteiger charge is -2.23. The Morgan fingerprint density at radius 3 is 2.43 bits per heavy atom. The molecule has 0 aromatic carbocycles. The molecule has 82 valence electrons. The topological polar surface area (TPSA) is 66.4 Å². The van der Waals surface area contributed by atoms with E-state index in [1.807, 2.05) is 6.26 Å². The molecule has 0 fully saturated rings. The summed E-state index contributed by atoms with van der Waals surface area (Å²) in [6, 6.07) is 0. The molecule has 0 saturated heterocycles. The minimum Gasteiger partial charge on any atom is -0.481 e. The van der Waals surface area contributed by atoms with Crippen LogP contribution in [0.25, 0.3) is 0 Å². The number of carboxylic acid groups (broad SMARTS) is 1. The average molecular weight is 219 g/mol. The van der Waals surface area contributed by atoms with Crippen LogP contribution in [0.3, 0.4) is 0 Å². The lowest BCUT2D eigenvalue weighted by molar-refractivity contribution is -0.148. The van der Waals surface area contributed by atoms with E-state index in [9.17, 15) is 9.59 Å². The van der Waals surface area contributed by atoms with Crippen LogP contribution in [0, 0.1) is 5.41 Å². The molecule has 0 aromatic heterocycles. The van der Waals surface area contributed by atoms with Gasteiger partial charge in [-0.15, -0.1) is 0 Å². The predicted octanol–water partition coefficient (Wildman–Crippen LogP) is 0.967. The van der Waals surface area contributed by atoms with Crippen molar-refractivity contribution in [2.75, 3.05) is 18.6 Å². The number of rotatable bonds is 6. The third-order valence-corrected chi connectivity index (χ3v) is 2.80. The van der Waals surface area contributed by atoms with E-state index in [4.69, 9.17) is 5.11 Å². The van der Waals surface area contributed by atoms with Gasteiger partial charge in [0.25, 0.3) is 0 Å². The molecule has 0 saturated carbocycles. The SMILES string of the molecule is CCC(C)(CNC(=O)CSC)C(=O)O. The van der Waals surface area contributed by atoms with Crippen LogP contribution in [0.15, 0.2) is 0 Å². The molecular weight excluding hydrogens is 202 g/mol. The zero-order valence-electron chi connectivity index (χ0n) is 8.79. The number of nitrogens with one attached hydrogen (secondary N) is 1. The highest BCUT2D eigenvalue weighted by molar-refractivity contribution is 7.99. The van der Waals surface area contributed by atoms with Crippen LogP contribution >= 0.6 is 11.8 Å². The fourth-order valence-electron chi connectivity index (χ4n) is 0.828. The van der Waals surface area contributed by atoms with E-state index in [-0.39, 0.29) is 12.5 Å². The van der Waals surface area contributed by atoms with Gasteiger partial charge in [0.05, 0.1) is 11.2 Å². The second-order valence-electron chi connectivity index (χ2n) is 3.43. The number of carbonyl (C=O) groups excluding carboxylic acids is 1. The third-order valence-electron chi connectivity index (χ3n) is 2.25. The molecule has 2 N–H and O–H groups in total. The van der Waals surface area contributed by atoms with E-state index < -0.39 is 11.4 Å². The maximum atomic E-state index is 11.1. The largest absolute Gasteiger partial charge is 0.481 e. The van der Waals surface area contributed by atoms with E-state index in [0.29, 0.717) is 12.2 Å². The highest BCUT2D eigenvalue weighted by Crippen LogP contribution is 2.19. The number of amides is 1. The van der Waals surface area contributed by atoms with Gasteiger partial charge < -0.3 is 10.4 Å². The van der Waals surface area contributed by atoms with E-state index in [1.165, 1.54) is 11.8 Å². The van der Waals surface area contributed by atoms with Gasteiger partial charge in [0.2, 0.25) is 5.91 Å². The molecule has 0 heterocycles. The zero-order valence-corrected chi connectivity index (χ0v) is 9.61. The first-order chi connectivity index (χ1) is 6.46. The van der Waals surface area contributed by atoms with Gasteiger partial charge in [0, 0.05) is 6.54 Å². The van der Waals surface area contributed by atoms with E-state index in [2.05, 4.69) is 5.32 Å². The maximum Gasteiger partial charge on any atom is 0.311 e. The van der Waals surface area contributed by atoms with Crippen molar-refractivity contribution in [1.29, 1.82) is 0 Å². The summed E-state index contributed by atoms with van der Waals surface area (Å²) >= 11 is 1.42. The van der Waals surface area contributed by atoms with Crippen LogP contribution in [-0.4, -0.2) is 35.5 Å². The van der Waals surface area contributed by atoms with Gasteiger partial charge in [-0.1, -0.05) is 6.92 Å². The monoisotopic (exact) mass is 219 g/mol. The van der Waals surface area contributed by atoms with Gasteiger partial charge in [-0.25, -0.2) is 0 Å². The van der Waals surface area contributed by atoms with Gasteiger partial charge >= 0.3 is 5.97 Å². The molecule has 0 spiro atoms. The fraction of sp³-hybridized carbons (Fsp3) is 0.778. The normalized spacial score (nSPS) is 14.5. The first-order valence-electron chi connectivity index (χ1n) is 4.45. The first-order valence-corrected chi connectivity index (χ1v) is 5.84. The maximum absolute atomic E-state index is 11.1. The van der Waals surface area contributed by atoms with E-state index in [0.717, 1.165) is 0 Å². The average Bonchev–Trinajstić information content (AvgIpc) is 2.14. The van der Waals surface area contributed by atoms with Crippen LogP contribution < -0.4 is 5.32 Å². The summed E-state index contributed by atoms with van der Waals surface area (Å²) < 4.78 is 0. The van der Waals surface area contributed by atoms with E-state index in [1.54, 1.807) is 13.8 Å². The smallest absolute Gasteiger partial charge is 0.311 e. The zero-order chi connectivity index (χ0) is 11.2. The minimum atomic E-state index is -0.871. The summed E-state index contributed by atoms with van der Waals surface area (Å²) in [5, 5.41) is 11.5. The Morgan fingerprint density at radius 2 is 2.07 bits per heavy atom. The lowest BCUT2D eigenvalue weighted by Crippen LogP contribution is -2.41. The number of aliphatic carboxylic acids is 1. The molecule has 1 unspecified atom stereocenters. The third kappa shape index (κ3) is 4.00. The Kier molecular flexibility index (Phi) is 5.60. The summed E-state index contributed by atoms with van der Waals surface area (Å²) in [5.41, 5.74) is -0.853. The van der Waals surface area contributed by atoms with E-state index >= 15 is 0 Å². The first kappa shape index (κ1) is 13.3. The number of thioether (sulfide) groups is 1. The Hall–Kier alpha value is -0.710. The number of carboxylic acids is 1. The molecule has 0 aliphatic rings. The Bertz CT molecular complexity index is 220. The van der Waals surface area contributed by atoms with Crippen molar-refractivity contribution in [3.05, 3.63) is 0 Å². The second kappa shape index (κ2) is 5.90. The minimum absolute atomic E-state index is 0.113. The molecule has 0 rings (SSSR count). The van der Waals surface area contributed by atoms with Gasteiger partial charge in [0.15, 0.2) is 0 Å². The van der Waals surface area contributed by atoms with Gasteiger partial charge in [-0.2, -0.15) is 11.8 Å². The van der Waals surface area contributed by atoms with Crippen molar-refractivity contribution in [2.24, 2.45) is 5.41 Å². The van der Waals surface area contributed by atoms with Crippen molar-refractivity contribution in [3.8, 4) is 0 Å². The van der Waals surface area contributed by atoms with Crippen molar-refractivity contribution < 1.29 is 14.7 Å². The number of carbonyl (C=O) groups is 2. The van der Waals surface area contributed by atoms with Crippen LogP contribution in [0.4, 0.5) is 0 Å². The molecule has 5 heteroatoms. The van der Waals surface area contributed by atoms with Gasteiger partial charge in [0.1, 0.15) is 0 Å². The molecule has 1 atom stereocenters.